The second-order valence-electron chi connectivity index (χ2n) is 5.75. The summed E-state index contributed by atoms with van der Waals surface area (Å²) in [5.41, 5.74) is 1.37. The standard InChI is InChI=1S/C15H22N2O/c1-16-8-7-15(18)13-10-17(11-14(13)16)9-12-5-3-2-4-6-12/h2-6,13-15,18H,7-11H2,1H3. The van der Waals surface area contributed by atoms with E-state index < -0.39 is 0 Å². The molecule has 0 aromatic heterocycles. The number of aliphatic hydroxyl groups is 1. The van der Waals surface area contributed by atoms with Gasteiger partial charge in [-0.3, -0.25) is 4.90 Å². The van der Waals surface area contributed by atoms with Crippen molar-refractivity contribution in [1.82, 2.24) is 9.80 Å². The molecule has 98 valence electrons. The quantitative estimate of drug-likeness (QED) is 0.849. The van der Waals surface area contributed by atoms with Gasteiger partial charge in [0, 0.05) is 38.1 Å². The molecule has 2 aliphatic rings. The van der Waals surface area contributed by atoms with Gasteiger partial charge in [0.15, 0.2) is 0 Å². The highest BCUT2D eigenvalue weighted by molar-refractivity contribution is 5.15. The molecule has 2 heterocycles. The minimum absolute atomic E-state index is 0.105. The Labute approximate surface area is 109 Å². The van der Waals surface area contributed by atoms with Gasteiger partial charge in [0.2, 0.25) is 0 Å². The number of likely N-dealkylation sites (N-methyl/N-ethyl adjacent to an activating group) is 1. The molecule has 0 saturated carbocycles. The number of piperidine rings is 1. The fraction of sp³-hybridized carbons (Fsp3) is 0.600. The fourth-order valence-corrected chi connectivity index (χ4v) is 3.43. The summed E-state index contributed by atoms with van der Waals surface area (Å²) in [7, 11) is 2.19. The third-order valence-corrected chi connectivity index (χ3v) is 4.50. The summed E-state index contributed by atoms with van der Waals surface area (Å²) >= 11 is 0. The van der Waals surface area contributed by atoms with Gasteiger partial charge in [-0.05, 0) is 19.0 Å². The van der Waals surface area contributed by atoms with Crippen molar-refractivity contribution in [1.29, 1.82) is 0 Å². The normalized spacial score (nSPS) is 33.6. The molecule has 3 nitrogen and oxygen atoms in total. The first-order chi connectivity index (χ1) is 8.74. The molecular formula is C15H22N2O. The second-order valence-corrected chi connectivity index (χ2v) is 5.75. The van der Waals surface area contributed by atoms with Gasteiger partial charge < -0.3 is 10.0 Å². The third kappa shape index (κ3) is 2.30. The molecular weight excluding hydrogens is 224 g/mol. The smallest absolute Gasteiger partial charge is 0.0608 e. The van der Waals surface area contributed by atoms with E-state index in [2.05, 4.69) is 47.2 Å². The molecule has 0 spiro atoms. The Hall–Kier alpha value is -0.900. The monoisotopic (exact) mass is 246 g/mol. The summed E-state index contributed by atoms with van der Waals surface area (Å²) in [5, 5.41) is 10.1. The molecule has 1 aromatic carbocycles. The highest BCUT2D eigenvalue weighted by atomic mass is 16.3. The van der Waals surface area contributed by atoms with E-state index >= 15 is 0 Å². The van der Waals surface area contributed by atoms with E-state index in [9.17, 15) is 5.11 Å². The van der Waals surface area contributed by atoms with Crippen molar-refractivity contribution in [3.05, 3.63) is 35.9 Å². The SMILES string of the molecule is CN1CCC(O)C2CN(Cc3ccccc3)CC21. The van der Waals surface area contributed by atoms with Crippen molar-refractivity contribution in [3.63, 3.8) is 0 Å². The third-order valence-electron chi connectivity index (χ3n) is 4.50. The summed E-state index contributed by atoms with van der Waals surface area (Å²) < 4.78 is 0. The minimum Gasteiger partial charge on any atom is -0.393 e. The van der Waals surface area contributed by atoms with Gasteiger partial charge in [0.1, 0.15) is 0 Å². The number of likely N-dealkylation sites (tertiary alicyclic amines) is 2. The van der Waals surface area contributed by atoms with Crippen LogP contribution in [0.1, 0.15) is 12.0 Å². The van der Waals surface area contributed by atoms with Gasteiger partial charge in [0.05, 0.1) is 6.10 Å². The Balaban J connectivity index is 1.67. The topological polar surface area (TPSA) is 26.7 Å². The predicted molar refractivity (Wildman–Crippen MR) is 72.3 cm³/mol. The van der Waals surface area contributed by atoms with Crippen LogP contribution >= 0.6 is 0 Å². The lowest BCUT2D eigenvalue weighted by atomic mass is 9.90. The van der Waals surface area contributed by atoms with Crippen molar-refractivity contribution in [2.24, 2.45) is 5.92 Å². The molecule has 0 bridgehead atoms. The number of hydrogen-bond acceptors (Lipinski definition) is 3. The molecule has 0 aliphatic carbocycles. The van der Waals surface area contributed by atoms with Crippen LogP contribution in [0.4, 0.5) is 0 Å². The van der Waals surface area contributed by atoms with E-state index in [1.165, 1.54) is 5.56 Å². The van der Waals surface area contributed by atoms with Crippen LogP contribution in [0.5, 0.6) is 0 Å². The lowest BCUT2D eigenvalue weighted by molar-refractivity contribution is 0.0181. The molecule has 1 N–H and O–H groups in total. The summed E-state index contributed by atoms with van der Waals surface area (Å²) in [6, 6.07) is 11.2. The van der Waals surface area contributed by atoms with E-state index in [0.717, 1.165) is 32.6 Å². The number of nitrogens with zero attached hydrogens (tertiary/aromatic N) is 2. The Bertz CT molecular complexity index is 377. The van der Waals surface area contributed by atoms with Crippen LogP contribution in [-0.4, -0.2) is 53.7 Å². The molecule has 2 saturated heterocycles. The summed E-state index contributed by atoms with van der Waals surface area (Å²) in [4.78, 5) is 4.90. The number of hydrogen-bond donors (Lipinski definition) is 1. The molecule has 3 atom stereocenters. The average molecular weight is 246 g/mol. The minimum atomic E-state index is -0.105. The Morgan fingerprint density at radius 2 is 2.00 bits per heavy atom. The van der Waals surface area contributed by atoms with Crippen LogP contribution in [0.2, 0.25) is 0 Å². The summed E-state index contributed by atoms with van der Waals surface area (Å²) in [6.45, 7) is 4.16. The first-order valence-electron chi connectivity index (χ1n) is 6.88. The van der Waals surface area contributed by atoms with Crippen LogP contribution in [0.25, 0.3) is 0 Å². The van der Waals surface area contributed by atoms with E-state index in [1.54, 1.807) is 0 Å². The highest BCUT2D eigenvalue weighted by Gasteiger charge is 2.41. The van der Waals surface area contributed by atoms with Crippen molar-refractivity contribution in [2.75, 3.05) is 26.7 Å². The first kappa shape index (κ1) is 12.2. The Kier molecular flexibility index (Phi) is 3.37. The zero-order valence-electron chi connectivity index (χ0n) is 11.0. The molecule has 3 rings (SSSR count). The lowest BCUT2D eigenvalue weighted by Crippen LogP contribution is -2.48. The van der Waals surface area contributed by atoms with Gasteiger partial charge >= 0.3 is 0 Å². The number of rotatable bonds is 2. The number of aliphatic hydroxyl groups excluding tert-OH is 1. The van der Waals surface area contributed by atoms with Crippen molar-refractivity contribution in [3.8, 4) is 0 Å². The highest BCUT2D eigenvalue weighted by Crippen LogP contribution is 2.30. The van der Waals surface area contributed by atoms with Gasteiger partial charge in [-0.2, -0.15) is 0 Å². The van der Waals surface area contributed by atoms with Gasteiger partial charge in [-0.25, -0.2) is 0 Å². The maximum absolute atomic E-state index is 10.1. The fourth-order valence-electron chi connectivity index (χ4n) is 3.43. The predicted octanol–water partition coefficient (Wildman–Crippen LogP) is 1.18. The van der Waals surface area contributed by atoms with Crippen molar-refractivity contribution in [2.45, 2.75) is 25.1 Å². The second kappa shape index (κ2) is 5.00. The molecule has 3 heteroatoms. The summed E-state index contributed by atoms with van der Waals surface area (Å²) in [6.07, 6.45) is 0.823. The maximum Gasteiger partial charge on any atom is 0.0608 e. The zero-order chi connectivity index (χ0) is 12.5. The Morgan fingerprint density at radius 1 is 1.22 bits per heavy atom. The summed E-state index contributed by atoms with van der Waals surface area (Å²) in [5.74, 6) is 0.437. The van der Waals surface area contributed by atoms with Crippen LogP contribution in [0.15, 0.2) is 30.3 Å². The largest absolute Gasteiger partial charge is 0.393 e. The number of benzene rings is 1. The van der Waals surface area contributed by atoms with E-state index in [-0.39, 0.29) is 6.10 Å². The van der Waals surface area contributed by atoms with E-state index in [4.69, 9.17) is 0 Å². The van der Waals surface area contributed by atoms with Crippen LogP contribution < -0.4 is 0 Å². The first-order valence-corrected chi connectivity index (χ1v) is 6.88. The van der Waals surface area contributed by atoms with Crippen molar-refractivity contribution >= 4 is 0 Å². The van der Waals surface area contributed by atoms with Gasteiger partial charge in [0.25, 0.3) is 0 Å². The molecule has 2 aliphatic heterocycles. The van der Waals surface area contributed by atoms with Crippen LogP contribution in [0, 0.1) is 5.92 Å². The van der Waals surface area contributed by atoms with Crippen LogP contribution in [-0.2, 0) is 6.54 Å². The molecule has 1 aromatic rings. The zero-order valence-corrected chi connectivity index (χ0v) is 11.0. The lowest BCUT2D eigenvalue weighted by Gasteiger charge is -2.37. The molecule has 3 unspecified atom stereocenters. The number of fused-ring (bicyclic) bond motifs is 1. The molecule has 2 fully saturated rings. The Morgan fingerprint density at radius 3 is 2.72 bits per heavy atom. The van der Waals surface area contributed by atoms with Crippen LogP contribution in [0.3, 0.4) is 0 Å². The van der Waals surface area contributed by atoms with Gasteiger partial charge in [-0.1, -0.05) is 30.3 Å². The molecule has 18 heavy (non-hydrogen) atoms. The van der Waals surface area contributed by atoms with Crippen molar-refractivity contribution < 1.29 is 5.11 Å². The molecule has 0 radical (unpaired) electrons. The maximum atomic E-state index is 10.1. The van der Waals surface area contributed by atoms with Gasteiger partial charge in [-0.15, -0.1) is 0 Å². The average Bonchev–Trinajstić information content (AvgIpc) is 2.80. The molecule has 0 amide bonds. The van der Waals surface area contributed by atoms with E-state index in [0.29, 0.717) is 12.0 Å². The van der Waals surface area contributed by atoms with E-state index in [1.807, 2.05) is 0 Å².